The minimum atomic E-state index is -2.04. The number of nitrogens with zero attached hydrogens (tertiary/aromatic N) is 2. The molecule has 0 amide bonds. The molecule has 13 heteroatoms. The van der Waals surface area contributed by atoms with Crippen LogP contribution in [0.1, 0.15) is 54.0 Å². The maximum Gasteiger partial charge on any atom is 0.496 e. The molecule has 0 aliphatic carbocycles. The van der Waals surface area contributed by atoms with Gasteiger partial charge in [-0.05, 0) is 57.9 Å². The molecule has 0 N–H and O–H groups in total. The molecule has 3 aliphatic rings. The molecular weight excluding hydrogens is 639 g/mol. The van der Waals surface area contributed by atoms with E-state index in [0.29, 0.717) is 47.1 Å². The third-order valence-corrected chi connectivity index (χ3v) is 17.0. The average Bonchev–Trinajstić information content (AvgIpc) is 3.62. The fourth-order valence-corrected chi connectivity index (χ4v) is 8.05. The highest BCUT2D eigenvalue weighted by molar-refractivity contribution is 6.76. The summed E-state index contributed by atoms with van der Waals surface area (Å²) >= 11 is 6.93. The van der Waals surface area contributed by atoms with E-state index in [1.54, 1.807) is 0 Å². The molecule has 0 spiro atoms. The third kappa shape index (κ3) is 6.87. The van der Waals surface area contributed by atoms with Crippen molar-refractivity contribution >= 4 is 51.5 Å². The highest BCUT2D eigenvalue weighted by Gasteiger charge is 2.54. The second-order valence-electron chi connectivity index (χ2n) is 16.7. The van der Waals surface area contributed by atoms with Gasteiger partial charge in [0.2, 0.25) is 5.88 Å². The first kappa shape index (κ1) is 35.9. The van der Waals surface area contributed by atoms with Crippen molar-refractivity contribution in [1.29, 1.82) is 5.26 Å². The fraction of sp³-hybridized carbons (Fsp3) is 0.727. The summed E-state index contributed by atoms with van der Waals surface area (Å²) in [5.74, 6) is 0.416. The van der Waals surface area contributed by atoms with Crippen LogP contribution in [0.2, 0.25) is 48.8 Å². The zero-order chi connectivity index (χ0) is 34.0. The van der Waals surface area contributed by atoms with Crippen molar-refractivity contribution in [2.45, 2.75) is 135 Å². The van der Waals surface area contributed by atoms with Gasteiger partial charge in [-0.1, -0.05) is 58.1 Å². The summed E-state index contributed by atoms with van der Waals surface area (Å²) in [5, 5.41) is 11.8. The van der Waals surface area contributed by atoms with Gasteiger partial charge in [-0.2, -0.15) is 5.26 Å². The van der Waals surface area contributed by atoms with Crippen LogP contribution in [0, 0.1) is 11.3 Å². The zero-order valence-corrected chi connectivity index (χ0v) is 32.5. The zero-order valence-electron chi connectivity index (χ0n) is 29.7. The highest BCUT2D eigenvalue weighted by Crippen LogP contribution is 2.42. The molecule has 2 aromatic rings. The van der Waals surface area contributed by atoms with E-state index in [9.17, 15) is 5.26 Å². The number of hydrogen-bond donors (Lipinski definition) is 0. The Morgan fingerprint density at radius 1 is 1.00 bits per heavy atom. The highest BCUT2D eigenvalue weighted by atomic mass is 35.5. The van der Waals surface area contributed by atoms with Crippen molar-refractivity contribution in [3.05, 3.63) is 22.7 Å². The van der Waals surface area contributed by atoms with Crippen molar-refractivity contribution < 1.29 is 32.7 Å². The van der Waals surface area contributed by atoms with Crippen molar-refractivity contribution in [3.8, 4) is 11.9 Å². The Balaban J connectivity index is 1.47. The van der Waals surface area contributed by atoms with Gasteiger partial charge in [0.1, 0.15) is 30.6 Å². The van der Waals surface area contributed by atoms with Crippen molar-refractivity contribution in [1.82, 2.24) is 4.57 Å². The maximum absolute atomic E-state index is 10.6. The number of halogens is 1. The third-order valence-electron chi connectivity index (χ3n) is 10.4. The molecule has 0 radical (unpaired) electrons. The van der Waals surface area contributed by atoms with Crippen LogP contribution in [0.3, 0.4) is 0 Å². The molecule has 3 fully saturated rings. The van der Waals surface area contributed by atoms with Crippen LogP contribution >= 0.6 is 11.6 Å². The monoisotopic (exact) mass is 690 g/mol. The molecule has 5 rings (SSSR count). The molecule has 1 unspecified atom stereocenters. The van der Waals surface area contributed by atoms with E-state index in [0.717, 1.165) is 11.6 Å². The number of fused-ring (bicyclic) bond motifs is 2. The second kappa shape index (κ2) is 12.5. The summed E-state index contributed by atoms with van der Waals surface area (Å²) in [5.41, 5.74) is 0.734. The number of aromatic nitrogens is 1. The molecule has 1 aromatic heterocycles. The molecule has 254 valence electrons. The normalized spacial score (nSPS) is 26.1. The Kier molecular flexibility index (Phi) is 9.74. The Bertz CT molecular complexity index is 1480. The SMILES string of the molecule is CC1(C)OB(c2cc3c(C#N)c(O[C@@H]4CO[C@@H]5C(O[Si](C)(C)C(C)(C)C)CO[C@@H]54)n(COCC[Si](C)(C)C)c3cc2Cl)OC1(C)C. The maximum atomic E-state index is 10.6. The fourth-order valence-electron chi connectivity index (χ4n) is 5.74. The van der Waals surface area contributed by atoms with Gasteiger partial charge in [0, 0.05) is 30.6 Å². The van der Waals surface area contributed by atoms with Gasteiger partial charge in [0.05, 0.1) is 36.0 Å². The van der Waals surface area contributed by atoms with E-state index in [1.165, 1.54) is 0 Å². The van der Waals surface area contributed by atoms with Gasteiger partial charge >= 0.3 is 7.12 Å². The average molecular weight is 691 g/mol. The van der Waals surface area contributed by atoms with E-state index in [4.69, 9.17) is 44.3 Å². The molecule has 3 aliphatic heterocycles. The summed E-state index contributed by atoms with van der Waals surface area (Å²) in [6, 6.07) is 7.18. The van der Waals surface area contributed by atoms with Crippen LogP contribution in [0.25, 0.3) is 10.9 Å². The van der Waals surface area contributed by atoms with Gasteiger partial charge in [-0.15, -0.1) is 0 Å². The smallest absolute Gasteiger partial charge is 0.469 e. The Labute approximate surface area is 282 Å². The molecule has 4 atom stereocenters. The second-order valence-corrected chi connectivity index (χ2v) is 27.5. The predicted octanol–water partition coefficient (Wildman–Crippen LogP) is 6.71. The molecule has 46 heavy (non-hydrogen) atoms. The number of ether oxygens (including phenoxy) is 4. The minimum absolute atomic E-state index is 0.0674. The summed E-state index contributed by atoms with van der Waals surface area (Å²) in [6.45, 7) is 27.8. The van der Waals surface area contributed by atoms with E-state index in [-0.39, 0.29) is 30.1 Å². The minimum Gasteiger partial charge on any atom is -0.469 e. The molecular formula is C33H52BClN2O7Si2. The summed E-state index contributed by atoms with van der Waals surface area (Å²) in [7, 11) is -4.03. The van der Waals surface area contributed by atoms with Crippen LogP contribution in [-0.2, 0) is 34.7 Å². The summed E-state index contributed by atoms with van der Waals surface area (Å²) < 4.78 is 46.8. The largest absolute Gasteiger partial charge is 0.496 e. The lowest BCUT2D eigenvalue weighted by atomic mass is 9.78. The summed E-state index contributed by atoms with van der Waals surface area (Å²) in [6.07, 6.45) is -1.13. The van der Waals surface area contributed by atoms with Crippen LogP contribution in [0.15, 0.2) is 12.1 Å². The molecule has 1 aromatic carbocycles. The van der Waals surface area contributed by atoms with Gasteiger partial charge in [-0.25, -0.2) is 0 Å². The van der Waals surface area contributed by atoms with Gasteiger partial charge < -0.3 is 32.7 Å². The van der Waals surface area contributed by atoms with Crippen LogP contribution < -0.4 is 10.2 Å². The van der Waals surface area contributed by atoms with E-state index < -0.39 is 40.8 Å². The topological polar surface area (TPSA) is 93.3 Å². The molecule has 4 heterocycles. The van der Waals surface area contributed by atoms with Gasteiger partial charge in [0.25, 0.3) is 0 Å². The van der Waals surface area contributed by atoms with Crippen LogP contribution in [0.5, 0.6) is 5.88 Å². The molecule has 3 saturated heterocycles. The Hall–Kier alpha value is -1.40. The Morgan fingerprint density at radius 2 is 1.59 bits per heavy atom. The van der Waals surface area contributed by atoms with Crippen molar-refractivity contribution in [3.63, 3.8) is 0 Å². The lowest BCUT2D eigenvalue weighted by molar-refractivity contribution is 0.00578. The van der Waals surface area contributed by atoms with E-state index in [2.05, 4.69) is 59.6 Å². The first-order valence-electron chi connectivity index (χ1n) is 16.4. The van der Waals surface area contributed by atoms with Crippen LogP contribution in [0.4, 0.5) is 0 Å². The standard InChI is InChI=1S/C33H52BClN2O7Si2/c1-31(2,3)46(11,12)42-27-19-40-28-26(18-39-29(27)28)41-30-22(17-36)21-15-23(34-43-32(4,5)33(6,7)44-34)24(35)16-25(21)37(30)20-38-13-14-45(8,9)10/h15-16,26-29H,13-14,18-20H2,1-12H3/t26-,27?,28-,29-/m1/s1. The number of hydrogen-bond acceptors (Lipinski definition) is 8. The number of nitriles is 1. The molecule has 9 nitrogen and oxygen atoms in total. The molecule has 0 saturated carbocycles. The van der Waals surface area contributed by atoms with Gasteiger partial charge in [-0.3, -0.25) is 4.57 Å². The lowest BCUT2D eigenvalue weighted by Crippen LogP contribution is -2.47. The lowest BCUT2D eigenvalue weighted by Gasteiger charge is -2.39. The first-order valence-corrected chi connectivity index (χ1v) is 23.4. The van der Waals surface area contributed by atoms with E-state index >= 15 is 0 Å². The van der Waals surface area contributed by atoms with Crippen molar-refractivity contribution in [2.24, 2.45) is 0 Å². The quantitative estimate of drug-likeness (QED) is 0.201. The first-order chi connectivity index (χ1) is 21.2. The molecule has 0 bridgehead atoms. The predicted molar refractivity (Wildman–Crippen MR) is 187 cm³/mol. The number of benzene rings is 1. The summed E-state index contributed by atoms with van der Waals surface area (Å²) in [4.78, 5) is 0. The van der Waals surface area contributed by atoms with E-state index in [1.807, 2.05) is 44.4 Å². The number of rotatable bonds is 10. The Morgan fingerprint density at radius 3 is 2.15 bits per heavy atom. The van der Waals surface area contributed by atoms with Crippen molar-refractivity contribution in [2.75, 3.05) is 19.8 Å². The van der Waals surface area contributed by atoms with Gasteiger partial charge in [0.15, 0.2) is 14.4 Å². The van der Waals surface area contributed by atoms with Crippen LogP contribution in [-0.4, -0.2) is 83.5 Å².